The Morgan fingerprint density at radius 1 is 1.37 bits per heavy atom. The smallest absolute Gasteiger partial charge is 0.227 e. The quantitative estimate of drug-likeness (QED) is 0.655. The molecule has 0 saturated heterocycles. The minimum absolute atomic E-state index is 0.203. The van der Waals surface area contributed by atoms with E-state index in [0.717, 1.165) is 11.3 Å². The van der Waals surface area contributed by atoms with Crippen molar-refractivity contribution in [1.82, 2.24) is 0 Å². The zero-order chi connectivity index (χ0) is 13.2. The van der Waals surface area contributed by atoms with Crippen molar-refractivity contribution in [2.24, 2.45) is 11.1 Å². The van der Waals surface area contributed by atoms with Crippen LogP contribution in [-0.2, 0) is 4.79 Å². The number of amides is 1. The van der Waals surface area contributed by atoms with Crippen LogP contribution in [0.5, 0.6) is 0 Å². The Hall–Kier alpha value is -1.84. The molecule has 1 aliphatic heterocycles. The molecule has 1 aromatic rings. The van der Waals surface area contributed by atoms with Crippen molar-refractivity contribution in [3.8, 4) is 0 Å². The second kappa shape index (κ2) is 5.03. The maximum Gasteiger partial charge on any atom is 0.227 e. The summed E-state index contributed by atoms with van der Waals surface area (Å²) >= 11 is 0. The third-order valence-electron chi connectivity index (χ3n) is 4.19. The number of nitrogens with zero attached hydrogens (tertiary/aromatic N) is 2. The summed E-state index contributed by atoms with van der Waals surface area (Å²) in [5, 5.41) is 12.4. The number of hydrogen-bond acceptors (Lipinski definition) is 3. The SMILES string of the molecule is O=C(CC1CCC1)N1CC/C(=N/O)c2ccccc21. The fourth-order valence-corrected chi connectivity index (χ4v) is 2.84. The first-order chi connectivity index (χ1) is 9.29. The maximum atomic E-state index is 12.4. The van der Waals surface area contributed by atoms with Crippen LogP contribution in [0.15, 0.2) is 29.4 Å². The van der Waals surface area contributed by atoms with E-state index in [-0.39, 0.29) is 5.91 Å². The zero-order valence-electron chi connectivity index (χ0n) is 10.9. The third kappa shape index (κ3) is 2.23. The number of oxime groups is 1. The van der Waals surface area contributed by atoms with Crippen LogP contribution in [0.3, 0.4) is 0 Å². The summed E-state index contributed by atoms with van der Waals surface area (Å²) in [5.74, 6) is 0.779. The van der Waals surface area contributed by atoms with Gasteiger partial charge in [-0.25, -0.2) is 0 Å². The van der Waals surface area contributed by atoms with Crippen LogP contribution in [0.2, 0.25) is 0 Å². The van der Waals surface area contributed by atoms with E-state index >= 15 is 0 Å². The molecule has 0 radical (unpaired) electrons. The van der Waals surface area contributed by atoms with E-state index in [0.29, 0.717) is 31.0 Å². The van der Waals surface area contributed by atoms with Crippen LogP contribution in [0.1, 0.15) is 37.7 Å². The van der Waals surface area contributed by atoms with E-state index in [9.17, 15) is 4.79 Å². The lowest BCUT2D eigenvalue weighted by molar-refractivity contribution is -0.120. The highest BCUT2D eigenvalue weighted by molar-refractivity contribution is 6.11. The molecule has 1 fully saturated rings. The van der Waals surface area contributed by atoms with Gasteiger partial charge in [0.1, 0.15) is 0 Å². The van der Waals surface area contributed by atoms with Gasteiger partial charge < -0.3 is 10.1 Å². The summed E-state index contributed by atoms with van der Waals surface area (Å²) in [6, 6.07) is 7.66. The van der Waals surface area contributed by atoms with Crippen LogP contribution in [0.4, 0.5) is 5.69 Å². The summed E-state index contributed by atoms with van der Waals surface area (Å²) in [6.07, 6.45) is 4.90. The lowest BCUT2D eigenvalue weighted by atomic mass is 9.82. The van der Waals surface area contributed by atoms with Gasteiger partial charge in [0.25, 0.3) is 0 Å². The standard InChI is InChI=1S/C15H18N2O2/c18-15(10-11-4-3-5-11)17-9-8-13(16-19)12-6-1-2-7-14(12)17/h1-2,6-7,11,19H,3-5,8-10H2/b16-13-. The highest BCUT2D eigenvalue weighted by Crippen LogP contribution is 2.33. The number of para-hydroxylation sites is 1. The number of rotatable bonds is 2. The summed E-state index contributed by atoms with van der Waals surface area (Å²) < 4.78 is 0. The molecule has 2 aliphatic rings. The summed E-state index contributed by atoms with van der Waals surface area (Å²) in [6.45, 7) is 0.613. The van der Waals surface area contributed by atoms with Gasteiger partial charge in [-0.15, -0.1) is 0 Å². The molecule has 0 aromatic heterocycles. The van der Waals surface area contributed by atoms with Crippen LogP contribution < -0.4 is 4.90 Å². The molecule has 3 rings (SSSR count). The second-order valence-corrected chi connectivity index (χ2v) is 5.36. The van der Waals surface area contributed by atoms with Gasteiger partial charge in [-0.2, -0.15) is 0 Å². The molecule has 1 aromatic carbocycles. The van der Waals surface area contributed by atoms with Crippen LogP contribution in [0, 0.1) is 5.92 Å². The molecular weight excluding hydrogens is 240 g/mol. The first kappa shape index (κ1) is 12.2. The normalized spacial score (nSPS) is 21.1. The minimum Gasteiger partial charge on any atom is -0.411 e. The van der Waals surface area contributed by atoms with E-state index in [1.54, 1.807) is 0 Å². The second-order valence-electron chi connectivity index (χ2n) is 5.36. The average molecular weight is 258 g/mol. The molecule has 1 aliphatic carbocycles. The average Bonchev–Trinajstić information content (AvgIpc) is 2.41. The van der Waals surface area contributed by atoms with Gasteiger partial charge in [0.15, 0.2) is 0 Å². The Morgan fingerprint density at radius 2 is 2.16 bits per heavy atom. The molecule has 1 saturated carbocycles. The predicted molar refractivity (Wildman–Crippen MR) is 73.7 cm³/mol. The Bertz CT molecular complexity index is 521. The fourth-order valence-electron chi connectivity index (χ4n) is 2.84. The number of fused-ring (bicyclic) bond motifs is 1. The largest absolute Gasteiger partial charge is 0.411 e. The maximum absolute atomic E-state index is 12.4. The van der Waals surface area contributed by atoms with Crippen molar-refractivity contribution in [1.29, 1.82) is 0 Å². The number of carbonyl (C=O) groups is 1. The van der Waals surface area contributed by atoms with Gasteiger partial charge in [0.05, 0.1) is 11.4 Å². The van der Waals surface area contributed by atoms with Gasteiger partial charge in [-0.1, -0.05) is 29.8 Å². The van der Waals surface area contributed by atoms with Crippen molar-refractivity contribution in [2.75, 3.05) is 11.4 Å². The fraction of sp³-hybridized carbons (Fsp3) is 0.467. The predicted octanol–water partition coefficient (Wildman–Crippen LogP) is 2.79. The molecule has 19 heavy (non-hydrogen) atoms. The van der Waals surface area contributed by atoms with Gasteiger partial charge in [-0.05, 0) is 24.8 Å². The molecule has 4 heteroatoms. The van der Waals surface area contributed by atoms with Crippen LogP contribution in [-0.4, -0.2) is 23.4 Å². The summed E-state index contributed by atoms with van der Waals surface area (Å²) in [5.41, 5.74) is 2.42. The highest BCUT2D eigenvalue weighted by Gasteiger charge is 2.29. The van der Waals surface area contributed by atoms with Crippen molar-refractivity contribution in [3.63, 3.8) is 0 Å². The summed E-state index contributed by atoms with van der Waals surface area (Å²) in [4.78, 5) is 14.2. The molecular formula is C15H18N2O2. The first-order valence-corrected chi connectivity index (χ1v) is 6.90. The molecule has 4 nitrogen and oxygen atoms in total. The number of anilines is 1. The van der Waals surface area contributed by atoms with Crippen LogP contribution in [0.25, 0.3) is 0 Å². The zero-order valence-corrected chi connectivity index (χ0v) is 10.9. The van der Waals surface area contributed by atoms with Gasteiger partial charge in [0.2, 0.25) is 5.91 Å². The van der Waals surface area contributed by atoms with E-state index < -0.39 is 0 Å². The topological polar surface area (TPSA) is 52.9 Å². The highest BCUT2D eigenvalue weighted by atomic mass is 16.4. The molecule has 1 N–H and O–H groups in total. The Kier molecular flexibility index (Phi) is 3.23. The molecule has 0 unspecified atom stereocenters. The molecule has 0 spiro atoms. The Morgan fingerprint density at radius 3 is 2.84 bits per heavy atom. The summed E-state index contributed by atoms with van der Waals surface area (Å²) in [7, 11) is 0. The van der Waals surface area contributed by atoms with Gasteiger partial charge >= 0.3 is 0 Å². The minimum atomic E-state index is 0.203. The van der Waals surface area contributed by atoms with Crippen molar-refractivity contribution >= 4 is 17.3 Å². The Labute approximate surface area is 112 Å². The monoisotopic (exact) mass is 258 g/mol. The van der Waals surface area contributed by atoms with E-state index in [4.69, 9.17) is 5.21 Å². The molecule has 0 bridgehead atoms. The van der Waals surface area contributed by atoms with Gasteiger partial charge in [0, 0.05) is 24.9 Å². The van der Waals surface area contributed by atoms with Crippen LogP contribution >= 0.6 is 0 Å². The molecule has 0 atom stereocenters. The first-order valence-electron chi connectivity index (χ1n) is 6.90. The lowest BCUT2D eigenvalue weighted by Gasteiger charge is -2.32. The number of carbonyl (C=O) groups excluding carboxylic acids is 1. The third-order valence-corrected chi connectivity index (χ3v) is 4.19. The van der Waals surface area contributed by atoms with Crippen molar-refractivity contribution < 1.29 is 10.0 Å². The molecule has 1 amide bonds. The van der Waals surface area contributed by atoms with Crippen molar-refractivity contribution in [3.05, 3.63) is 29.8 Å². The van der Waals surface area contributed by atoms with E-state index in [2.05, 4.69) is 5.16 Å². The van der Waals surface area contributed by atoms with Crippen molar-refractivity contribution in [2.45, 2.75) is 32.1 Å². The van der Waals surface area contributed by atoms with E-state index in [1.165, 1.54) is 19.3 Å². The Balaban J connectivity index is 1.85. The molecule has 100 valence electrons. The number of hydrogen-bond donors (Lipinski definition) is 1. The lowest BCUT2D eigenvalue weighted by Crippen LogP contribution is -2.39. The number of benzene rings is 1. The van der Waals surface area contributed by atoms with Gasteiger partial charge in [-0.3, -0.25) is 4.79 Å². The van der Waals surface area contributed by atoms with E-state index in [1.807, 2.05) is 29.2 Å². The molecule has 1 heterocycles.